The quantitative estimate of drug-likeness (QED) is 0.841. The summed E-state index contributed by atoms with van der Waals surface area (Å²) < 4.78 is 0. The highest BCUT2D eigenvalue weighted by atomic mass is 16.2. The summed E-state index contributed by atoms with van der Waals surface area (Å²) in [6, 6.07) is 4.15. The molecule has 0 saturated carbocycles. The van der Waals surface area contributed by atoms with Crippen LogP contribution in [0.2, 0.25) is 0 Å². The van der Waals surface area contributed by atoms with Crippen LogP contribution >= 0.6 is 0 Å². The largest absolute Gasteiger partial charge is 0.341 e. The van der Waals surface area contributed by atoms with E-state index < -0.39 is 0 Å². The molecule has 1 aromatic heterocycles. The molecule has 1 amide bonds. The van der Waals surface area contributed by atoms with Crippen LogP contribution in [-0.4, -0.2) is 42.0 Å². The van der Waals surface area contributed by atoms with Crippen LogP contribution in [0.1, 0.15) is 18.4 Å². The van der Waals surface area contributed by atoms with E-state index in [4.69, 9.17) is 0 Å². The van der Waals surface area contributed by atoms with Crippen molar-refractivity contribution >= 4 is 5.91 Å². The van der Waals surface area contributed by atoms with E-state index in [9.17, 15) is 4.79 Å². The van der Waals surface area contributed by atoms with Crippen LogP contribution in [0.3, 0.4) is 0 Å². The van der Waals surface area contributed by atoms with Crippen molar-refractivity contribution in [1.29, 1.82) is 0 Å². The van der Waals surface area contributed by atoms with Crippen molar-refractivity contribution in [1.82, 2.24) is 15.2 Å². The van der Waals surface area contributed by atoms with Crippen LogP contribution in [0, 0.1) is 0 Å². The highest BCUT2D eigenvalue weighted by Crippen LogP contribution is 2.10. The molecule has 1 fully saturated rings. The summed E-state index contributed by atoms with van der Waals surface area (Å²) in [5.74, 6) is 0.173. The smallest absolute Gasteiger partial charge is 0.227 e. The molecule has 4 nitrogen and oxygen atoms in total. The molecule has 0 aromatic carbocycles. The molecule has 0 spiro atoms. The Kier molecular flexibility index (Phi) is 4.09. The SMILES string of the molecule is CN(C(=O)Cc1cccnc1)C1CCCNC1. The van der Waals surface area contributed by atoms with Gasteiger partial charge in [0.1, 0.15) is 0 Å². The van der Waals surface area contributed by atoms with Crippen molar-refractivity contribution in [2.75, 3.05) is 20.1 Å². The van der Waals surface area contributed by atoms with Gasteiger partial charge in [-0.25, -0.2) is 0 Å². The highest BCUT2D eigenvalue weighted by molar-refractivity contribution is 5.78. The molecule has 0 bridgehead atoms. The molecule has 4 heteroatoms. The zero-order valence-corrected chi connectivity index (χ0v) is 10.2. The number of aromatic nitrogens is 1. The Morgan fingerprint density at radius 3 is 3.18 bits per heavy atom. The highest BCUT2D eigenvalue weighted by Gasteiger charge is 2.21. The number of rotatable bonds is 3. The van der Waals surface area contributed by atoms with Crippen LogP contribution < -0.4 is 5.32 Å². The van der Waals surface area contributed by atoms with Gasteiger partial charge in [0, 0.05) is 32.0 Å². The molecule has 1 aliphatic heterocycles. The summed E-state index contributed by atoms with van der Waals surface area (Å²) in [4.78, 5) is 18.0. The first-order chi connectivity index (χ1) is 8.27. The number of nitrogens with zero attached hydrogens (tertiary/aromatic N) is 2. The summed E-state index contributed by atoms with van der Waals surface area (Å²) in [6.07, 6.45) is 6.17. The third-order valence-corrected chi connectivity index (χ3v) is 3.29. The number of carbonyl (C=O) groups is 1. The molecule has 1 N–H and O–H groups in total. The first kappa shape index (κ1) is 12.0. The fraction of sp³-hybridized carbons (Fsp3) is 0.538. The predicted octanol–water partition coefficient (Wildman–Crippen LogP) is 0.834. The van der Waals surface area contributed by atoms with Gasteiger partial charge in [0.25, 0.3) is 0 Å². The monoisotopic (exact) mass is 233 g/mol. The maximum atomic E-state index is 12.1. The number of carbonyl (C=O) groups excluding carboxylic acids is 1. The Bertz CT molecular complexity index is 360. The molecule has 92 valence electrons. The number of hydrogen-bond acceptors (Lipinski definition) is 3. The Balaban J connectivity index is 1.90. The van der Waals surface area contributed by atoms with E-state index in [0.717, 1.165) is 31.5 Å². The summed E-state index contributed by atoms with van der Waals surface area (Å²) in [7, 11) is 1.90. The van der Waals surface area contributed by atoms with Crippen molar-refractivity contribution < 1.29 is 4.79 Å². The second-order valence-corrected chi connectivity index (χ2v) is 4.54. The van der Waals surface area contributed by atoms with Gasteiger partial charge in [-0.15, -0.1) is 0 Å². The Morgan fingerprint density at radius 2 is 2.53 bits per heavy atom. The minimum absolute atomic E-state index is 0.173. The van der Waals surface area contributed by atoms with E-state index in [0.29, 0.717) is 12.5 Å². The number of nitrogens with one attached hydrogen (secondary N) is 1. The summed E-state index contributed by atoms with van der Waals surface area (Å²) in [5, 5.41) is 3.33. The van der Waals surface area contributed by atoms with E-state index >= 15 is 0 Å². The molecule has 1 atom stereocenters. The van der Waals surface area contributed by atoms with E-state index in [-0.39, 0.29) is 5.91 Å². The molecule has 17 heavy (non-hydrogen) atoms. The van der Waals surface area contributed by atoms with Crippen molar-refractivity contribution in [2.24, 2.45) is 0 Å². The Hall–Kier alpha value is -1.42. The van der Waals surface area contributed by atoms with Gasteiger partial charge >= 0.3 is 0 Å². The van der Waals surface area contributed by atoms with Crippen LogP contribution in [-0.2, 0) is 11.2 Å². The van der Waals surface area contributed by atoms with E-state index in [1.807, 2.05) is 24.1 Å². The number of hydrogen-bond donors (Lipinski definition) is 1. The first-order valence-electron chi connectivity index (χ1n) is 6.12. The zero-order chi connectivity index (χ0) is 12.1. The molecule has 1 aliphatic rings. The molecular formula is C13H19N3O. The second kappa shape index (κ2) is 5.77. The third kappa shape index (κ3) is 3.27. The zero-order valence-electron chi connectivity index (χ0n) is 10.2. The molecule has 1 aromatic rings. The fourth-order valence-electron chi connectivity index (χ4n) is 2.17. The molecule has 0 radical (unpaired) electrons. The minimum atomic E-state index is 0.173. The van der Waals surface area contributed by atoms with Gasteiger partial charge in [-0.05, 0) is 31.0 Å². The summed E-state index contributed by atoms with van der Waals surface area (Å²) in [6.45, 7) is 1.98. The molecule has 1 saturated heterocycles. The first-order valence-corrected chi connectivity index (χ1v) is 6.12. The summed E-state index contributed by atoms with van der Waals surface area (Å²) >= 11 is 0. The molecule has 0 aliphatic carbocycles. The Labute approximate surface area is 102 Å². The number of piperidine rings is 1. The number of amides is 1. The topological polar surface area (TPSA) is 45.2 Å². The lowest BCUT2D eigenvalue weighted by Crippen LogP contribution is -2.47. The second-order valence-electron chi connectivity index (χ2n) is 4.54. The van der Waals surface area contributed by atoms with Crippen LogP contribution in [0.4, 0.5) is 0 Å². The lowest BCUT2D eigenvalue weighted by Gasteiger charge is -2.31. The maximum Gasteiger partial charge on any atom is 0.227 e. The van der Waals surface area contributed by atoms with Gasteiger partial charge in [-0.3, -0.25) is 9.78 Å². The van der Waals surface area contributed by atoms with Gasteiger partial charge in [0.15, 0.2) is 0 Å². The maximum absolute atomic E-state index is 12.1. The van der Waals surface area contributed by atoms with Crippen molar-refractivity contribution in [3.8, 4) is 0 Å². The third-order valence-electron chi connectivity index (χ3n) is 3.29. The molecule has 1 unspecified atom stereocenters. The van der Waals surface area contributed by atoms with E-state index in [1.54, 1.807) is 12.4 Å². The Morgan fingerprint density at radius 1 is 1.65 bits per heavy atom. The van der Waals surface area contributed by atoms with Gasteiger partial charge < -0.3 is 10.2 Å². The fourth-order valence-corrected chi connectivity index (χ4v) is 2.17. The molecule has 2 heterocycles. The minimum Gasteiger partial charge on any atom is -0.341 e. The van der Waals surface area contributed by atoms with Gasteiger partial charge in [-0.2, -0.15) is 0 Å². The lowest BCUT2D eigenvalue weighted by molar-refractivity contribution is -0.131. The lowest BCUT2D eigenvalue weighted by atomic mass is 10.1. The normalized spacial score (nSPS) is 19.9. The van der Waals surface area contributed by atoms with Crippen LogP contribution in [0.15, 0.2) is 24.5 Å². The van der Waals surface area contributed by atoms with E-state index in [1.165, 1.54) is 0 Å². The van der Waals surface area contributed by atoms with E-state index in [2.05, 4.69) is 10.3 Å². The number of likely N-dealkylation sites (N-methyl/N-ethyl adjacent to an activating group) is 1. The predicted molar refractivity (Wildman–Crippen MR) is 66.6 cm³/mol. The van der Waals surface area contributed by atoms with Crippen LogP contribution in [0.25, 0.3) is 0 Å². The standard InChI is InChI=1S/C13H19N3O/c1-16(12-5-3-7-15-10-12)13(17)8-11-4-2-6-14-9-11/h2,4,6,9,12,15H,3,5,7-8,10H2,1H3. The van der Waals surface area contributed by atoms with Crippen molar-refractivity contribution in [3.63, 3.8) is 0 Å². The summed E-state index contributed by atoms with van der Waals surface area (Å²) in [5.41, 5.74) is 0.980. The number of pyridine rings is 1. The molecule has 2 rings (SSSR count). The van der Waals surface area contributed by atoms with Gasteiger partial charge in [-0.1, -0.05) is 6.07 Å². The van der Waals surface area contributed by atoms with Crippen molar-refractivity contribution in [3.05, 3.63) is 30.1 Å². The molecular weight excluding hydrogens is 214 g/mol. The average molecular weight is 233 g/mol. The van der Waals surface area contributed by atoms with Crippen LogP contribution in [0.5, 0.6) is 0 Å². The van der Waals surface area contributed by atoms with Crippen molar-refractivity contribution in [2.45, 2.75) is 25.3 Å². The van der Waals surface area contributed by atoms with Gasteiger partial charge in [0.05, 0.1) is 6.42 Å². The average Bonchev–Trinajstić information content (AvgIpc) is 2.40. The van der Waals surface area contributed by atoms with Gasteiger partial charge in [0.2, 0.25) is 5.91 Å².